The van der Waals surface area contributed by atoms with E-state index in [9.17, 15) is 9.90 Å². The Morgan fingerprint density at radius 3 is 2.84 bits per heavy atom. The van der Waals surface area contributed by atoms with Gasteiger partial charge in [0.25, 0.3) is 0 Å². The van der Waals surface area contributed by atoms with Crippen LogP contribution < -0.4 is 11.1 Å². The van der Waals surface area contributed by atoms with Crippen LogP contribution >= 0.6 is 0 Å². The minimum atomic E-state index is -0.934. The van der Waals surface area contributed by atoms with E-state index < -0.39 is 5.97 Å². The molecule has 4 nitrogen and oxygen atoms in total. The molecule has 1 aromatic rings. The minimum Gasteiger partial charge on any atom is -0.478 e. The number of hydrogen-bond donors (Lipinski definition) is 3. The molecule has 4 heteroatoms. The Hall–Kier alpha value is -1.71. The van der Waals surface area contributed by atoms with E-state index in [4.69, 9.17) is 5.73 Å². The van der Waals surface area contributed by atoms with Crippen LogP contribution in [0.2, 0.25) is 0 Å². The van der Waals surface area contributed by atoms with Crippen molar-refractivity contribution in [2.24, 2.45) is 5.92 Å². The van der Waals surface area contributed by atoms with Gasteiger partial charge < -0.3 is 16.2 Å². The lowest BCUT2D eigenvalue weighted by Crippen LogP contribution is -2.20. The number of benzene rings is 1. The van der Waals surface area contributed by atoms with Crippen molar-refractivity contribution >= 4 is 17.3 Å². The molecule has 0 saturated heterocycles. The Bertz CT molecular complexity index is 459. The second-order valence-electron chi connectivity index (χ2n) is 5.56. The lowest BCUT2D eigenvalue weighted by molar-refractivity contribution is 0.0698. The molecule has 0 heterocycles. The molecule has 2 rings (SSSR count). The Balaban J connectivity index is 2.12. The lowest BCUT2D eigenvalue weighted by Gasteiger charge is -2.19. The third kappa shape index (κ3) is 3.63. The van der Waals surface area contributed by atoms with Gasteiger partial charge in [-0.3, -0.25) is 0 Å². The molecule has 0 amide bonds. The van der Waals surface area contributed by atoms with E-state index in [-0.39, 0.29) is 5.56 Å². The van der Waals surface area contributed by atoms with Crippen molar-refractivity contribution in [1.29, 1.82) is 0 Å². The standard InChI is InChI=1S/C15H22N2O2/c1-10-3-2-4-12(7-5-10)17-14-8-6-11(16)9-13(14)15(18)19/h6,8-10,12,17H,2-5,7,16H2,1H3,(H,18,19). The van der Waals surface area contributed by atoms with Gasteiger partial charge in [0.2, 0.25) is 0 Å². The van der Waals surface area contributed by atoms with Gasteiger partial charge in [0.15, 0.2) is 0 Å². The molecule has 0 radical (unpaired) electrons. The van der Waals surface area contributed by atoms with Crippen molar-refractivity contribution in [2.75, 3.05) is 11.1 Å². The molecule has 1 saturated carbocycles. The number of hydrogen-bond acceptors (Lipinski definition) is 3. The second-order valence-corrected chi connectivity index (χ2v) is 5.56. The molecule has 0 aliphatic heterocycles. The number of nitrogens with one attached hydrogen (secondary N) is 1. The van der Waals surface area contributed by atoms with Gasteiger partial charge in [-0.05, 0) is 43.4 Å². The zero-order chi connectivity index (χ0) is 13.8. The molecule has 4 N–H and O–H groups in total. The molecular weight excluding hydrogens is 240 g/mol. The van der Waals surface area contributed by atoms with Crippen LogP contribution in [0.15, 0.2) is 18.2 Å². The highest BCUT2D eigenvalue weighted by Gasteiger charge is 2.18. The summed E-state index contributed by atoms with van der Waals surface area (Å²) in [6.07, 6.45) is 5.88. The van der Waals surface area contributed by atoms with Crippen molar-refractivity contribution in [1.82, 2.24) is 0 Å². The Kier molecular flexibility index (Phi) is 4.30. The van der Waals surface area contributed by atoms with Crippen molar-refractivity contribution in [2.45, 2.75) is 45.1 Å². The van der Waals surface area contributed by atoms with Gasteiger partial charge >= 0.3 is 5.97 Å². The maximum absolute atomic E-state index is 11.2. The predicted molar refractivity (Wildman–Crippen MR) is 77.5 cm³/mol. The van der Waals surface area contributed by atoms with Gasteiger partial charge in [-0.15, -0.1) is 0 Å². The van der Waals surface area contributed by atoms with Crippen LogP contribution in [-0.2, 0) is 0 Å². The maximum Gasteiger partial charge on any atom is 0.337 e. The van der Waals surface area contributed by atoms with E-state index in [2.05, 4.69) is 12.2 Å². The third-order valence-electron chi connectivity index (χ3n) is 3.89. The molecule has 1 aliphatic carbocycles. The summed E-state index contributed by atoms with van der Waals surface area (Å²) in [5.74, 6) is -0.158. The van der Waals surface area contributed by atoms with Crippen LogP contribution in [0.4, 0.5) is 11.4 Å². The van der Waals surface area contributed by atoms with Gasteiger partial charge in [0.1, 0.15) is 0 Å². The van der Waals surface area contributed by atoms with Gasteiger partial charge in [0, 0.05) is 17.4 Å². The van der Waals surface area contributed by atoms with E-state index in [0.29, 0.717) is 17.4 Å². The van der Waals surface area contributed by atoms with Crippen molar-refractivity contribution in [3.63, 3.8) is 0 Å². The summed E-state index contributed by atoms with van der Waals surface area (Å²) < 4.78 is 0. The van der Waals surface area contributed by atoms with E-state index in [1.807, 2.05) is 0 Å². The van der Waals surface area contributed by atoms with Crippen LogP contribution in [0.5, 0.6) is 0 Å². The number of carboxylic acid groups (broad SMARTS) is 1. The average Bonchev–Trinajstić information content (AvgIpc) is 2.56. The molecule has 19 heavy (non-hydrogen) atoms. The zero-order valence-electron chi connectivity index (χ0n) is 11.4. The minimum absolute atomic E-state index is 0.261. The molecule has 1 aromatic carbocycles. The SMILES string of the molecule is CC1CCCC(Nc2ccc(N)cc2C(=O)O)CC1. The Labute approximate surface area is 114 Å². The molecule has 0 spiro atoms. The number of nitrogens with two attached hydrogens (primary N) is 1. The first kappa shape index (κ1) is 13.7. The third-order valence-corrected chi connectivity index (χ3v) is 3.89. The van der Waals surface area contributed by atoms with Gasteiger partial charge in [0.05, 0.1) is 5.56 Å². The van der Waals surface area contributed by atoms with Gasteiger partial charge in [-0.2, -0.15) is 0 Å². The molecule has 0 aromatic heterocycles. The number of anilines is 2. The number of nitrogen functional groups attached to an aromatic ring is 1. The van der Waals surface area contributed by atoms with E-state index >= 15 is 0 Å². The number of rotatable bonds is 3. The van der Waals surface area contributed by atoms with Crippen LogP contribution in [0.1, 0.15) is 49.4 Å². The first-order valence-electron chi connectivity index (χ1n) is 6.95. The summed E-state index contributed by atoms with van der Waals surface area (Å²) >= 11 is 0. The molecule has 0 bridgehead atoms. The summed E-state index contributed by atoms with van der Waals surface area (Å²) in [5.41, 5.74) is 7.08. The van der Waals surface area contributed by atoms with Crippen LogP contribution in [-0.4, -0.2) is 17.1 Å². The van der Waals surface area contributed by atoms with Crippen LogP contribution in [0.3, 0.4) is 0 Å². The van der Waals surface area contributed by atoms with Crippen LogP contribution in [0.25, 0.3) is 0 Å². The highest BCUT2D eigenvalue weighted by atomic mass is 16.4. The first-order chi connectivity index (χ1) is 9.06. The van der Waals surface area contributed by atoms with E-state index in [1.54, 1.807) is 12.1 Å². The molecule has 2 unspecified atom stereocenters. The Morgan fingerprint density at radius 2 is 2.11 bits per heavy atom. The van der Waals surface area contributed by atoms with E-state index in [0.717, 1.165) is 18.8 Å². The highest BCUT2D eigenvalue weighted by Crippen LogP contribution is 2.27. The molecule has 1 fully saturated rings. The predicted octanol–water partition coefficient (Wildman–Crippen LogP) is 3.35. The van der Waals surface area contributed by atoms with Crippen molar-refractivity contribution in [3.05, 3.63) is 23.8 Å². The number of carbonyl (C=O) groups is 1. The summed E-state index contributed by atoms with van der Waals surface area (Å²) in [7, 11) is 0. The smallest absolute Gasteiger partial charge is 0.337 e. The Morgan fingerprint density at radius 1 is 1.32 bits per heavy atom. The molecule has 104 valence electrons. The normalized spacial score (nSPS) is 23.6. The lowest BCUT2D eigenvalue weighted by atomic mass is 10.0. The monoisotopic (exact) mass is 262 g/mol. The largest absolute Gasteiger partial charge is 0.478 e. The zero-order valence-corrected chi connectivity index (χ0v) is 11.4. The van der Waals surface area contributed by atoms with Gasteiger partial charge in [-0.25, -0.2) is 4.79 Å². The van der Waals surface area contributed by atoms with E-state index in [1.165, 1.54) is 25.3 Å². The maximum atomic E-state index is 11.2. The van der Waals surface area contributed by atoms with Gasteiger partial charge in [-0.1, -0.05) is 19.8 Å². The van der Waals surface area contributed by atoms with Crippen LogP contribution in [0, 0.1) is 5.92 Å². The quantitative estimate of drug-likeness (QED) is 0.577. The molecular formula is C15H22N2O2. The molecule has 2 atom stereocenters. The number of aromatic carboxylic acids is 1. The fourth-order valence-electron chi connectivity index (χ4n) is 2.72. The summed E-state index contributed by atoms with van der Waals surface area (Å²) in [6, 6.07) is 5.40. The fourth-order valence-corrected chi connectivity index (χ4v) is 2.72. The highest BCUT2D eigenvalue weighted by molar-refractivity contribution is 5.95. The van der Waals surface area contributed by atoms with Crippen molar-refractivity contribution < 1.29 is 9.90 Å². The second kappa shape index (κ2) is 5.95. The fraction of sp³-hybridized carbons (Fsp3) is 0.533. The molecule has 1 aliphatic rings. The number of carboxylic acids is 1. The summed E-state index contributed by atoms with van der Waals surface area (Å²) in [6.45, 7) is 2.29. The summed E-state index contributed by atoms with van der Waals surface area (Å²) in [5, 5.41) is 12.6. The average molecular weight is 262 g/mol. The first-order valence-corrected chi connectivity index (χ1v) is 6.95. The van der Waals surface area contributed by atoms with Crippen molar-refractivity contribution in [3.8, 4) is 0 Å². The topological polar surface area (TPSA) is 75.3 Å². The summed E-state index contributed by atoms with van der Waals surface area (Å²) in [4.78, 5) is 11.2.